The Morgan fingerprint density at radius 1 is 1.38 bits per heavy atom. The van der Waals surface area contributed by atoms with E-state index < -0.39 is 12.0 Å². The van der Waals surface area contributed by atoms with Gasteiger partial charge in [0.25, 0.3) is 0 Å². The number of hydrogen-bond acceptors (Lipinski definition) is 3. The molecule has 2 rings (SSSR count). The summed E-state index contributed by atoms with van der Waals surface area (Å²) in [7, 11) is 0. The van der Waals surface area contributed by atoms with E-state index in [2.05, 4.69) is 20.6 Å². The molecule has 1 aromatic carbocycles. The number of carbonyl (C=O) groups excluding carboxylic acids is 1. The topological polar surface area (TPSA) is 107 Å². The Labute approximate surface area is 125 Å². The lowest BCUT2D eigenvalue weighted by molar-refractivity contribution is 0.0698. The van der Waals surface area contributed by atoms with Crippen LogP contribution >= 0.6 is 11.6 Å². The SMILES string of the molecule is O=C(NCCc1ncc[nH]1)Nc1cccc(Cl)c1C(=O)O. The minimum Gasteiger partial charge on any atom is -0.478 e. The summed E-state index contributed by atoms with van der Waals surface area (Å²) >= 11 is 5.81. The van der Waals surface area contributed by atoms with E-state index in [9.17, 15) is 9.59 Å². The number of carbonyl (C=O) groups is 2. The van der Waals surface area contributed by atoms with Gasteiger partial charge in [0.05, 0.1) is 10.7 Å². The van der Waals surface area contributed by atoms with E-state index in [0.717, 1.165) is 5.82 Å². The van der Waals surface area contributed by atoms with Crippen LogP contribution in [0.3, 0.4) is 0 Å². The number of nitrogens with zero attached hydrogens (tertiary/aromatic N) is 1. The van der Waals surface area contributed by atoms with Gasteiger partial charge in [0, 0.05) is 25.4 Å². The molecule has 21 heavy (non-hydrogen) atoms. The molecule has 0 bridgehead atoms. The highest BCUT2D eigenvalue weighted by Crippen LogP contribution is 2.24. The maximum absolute atomic E-state index is 11.7. The number of benzene rings is 1. The lowest BCUT2D eigenvalue weighted by Gasteiger charge is -2.10. The standard InChI is InChI=1S/C13H13ClN4O3/c14-8-2-1-3-9(11(8)12(19)20)18-13(21)17-5-4-10-15-6-7-16-10/h1-3,6-7H,4-5H2,(H,15,16)(H,19,20)(H2,17,18,21). The first-order valence-corrected chi connectivity index (χ1v) is 6.50. The van der Waals surface area contributed by atoms with Crippen LogP contribution < -0.4 is 10.6 Å². The molecule has 2 amide bonds. The van der Waals surface area contributed by atoms with Crippen molar-refractivity contribution < 1.29 is 14.7 Å². The predicted molar refractivity (Wildman–Crippen MR) is 77.7 cm³/mol. The van der Waals surface area contributed by atoms with Crippen LogP contribution in [0, 0.1) is 0 Å². The number of aromatic carboxylic acids is 1. The number of imidazole rings is 1. The van der Waals surface area contributed by atoms with Crippen molar-refractivity contribution in [2.75, 3.05) is 11.9 Å². The van der Waals surface area contributed by atoms with E-state index in [1.165, 1.54) is 12.1 Å². The second-order valence-electron chi connectivity index (χ2n) is 4.13. The van der Waals surface area contributed by atoms with E-state index in [0.29, 0.717) is 13.0 Å². The summed E-state index contributed by atoms with van der Waals surface area (Å²) in [6.07, 6.45) is 3.86. The minimum atomic E-state index is -1.20. The van der Waals surface area contributed by atoms with Gasteiger partial charge in [-0.25, -0.2) is 14.6 Å². The fourth-order valence-corrected chi connectivity index (χ4v) is 2.00. The number of H-pyrrole nitrogens is 1. The maximum atomic E-state index is 11.7. The first kappa shape index (κ1) is 14.9. The van der Waals surface area contributed by atoms with Crippen molar-refractivity contribution in [3.05, 3.63) is 47.0 Å². The zero-order chi connectivity index (χ0) is 15.2. The number of amides is 2. The number of aromatic nitrogens is 2. The van der Waals surface area contributed by atoms with Gasteiger partial charge in [-0.15, -0.1) is 0 Å². The van der Waals surface area contributed by atoms with Crippen molar-refractivity contribution in [2.24, 2.45) is 0 Å². The van der Waals surface area contributed by atoms with Gasteiger partial charge in [0.2, 0.25) is 0 Å². The fraction of sp³-hybridized carbons (Fsp3) is 0.154. The number of anilines is 1. The molecule has 0 unspecified atom stereocenters. The van der Waals surface area contributed by atoms with Crippen molar-refractivity contribution in [1.29, 1.82) is 0 Å². The lowest BCUT2D eigenvalue weighted by atomic mass is 10.2. The summed E-state index contributed by atoms with van der Waals surface area (Å²) in [5.41, 5.74) is 0.00542. The Balaban J connectivity index is 1.93. The average molecular weight is 309 g/mol. The smallest absolute Gasteiger partial charge is 0.339 e. The Kier molecular flexibility index (Phi) is 4.78. The van der Waals surface area contributed by atoms with E-state index in [1.54, 1.807) is 18.5 Å². The molecule has 0 saturated carbocycles. The van der Waals surface area contributed by atoms with E-state index >= 15 is 0 Å². The molecule has 0 spiro atoms. The van der Waals surface area contributed by atoms with Crippen molar-refractivity contribution >= 4 is 29.3 Å². The first-order chi connectivity index (χ1) is 10.1. The third-order valence-corrected chi connectivity index (χ3v) is 2.99. The van der Waals surface area contributed by atoms with Gasteiger partial charge in [0.1, 0.15) is 11.4 Å². The Bertz CT molecular complexity index is 643. The number of carboxylic acids is 1. The molecule has 0 fully saturated rings. The number of urea groups is 1. The number of nitrogens with one attached hydrogen (secondary N) is 3. The fourth-order valence-electron chi connectivity index (χ4n) is 1.74. The Morgan fingerprint density at radius 3 is 2.86 bits per heavy atom. The van der Waals surface area contributed by atoms with Crippen molar-refractivity contribution in [1.82, 2.24) is 15.3 Å². The van der Waals surface area contributed by atoms with Crippen LogP contribution in [-0.4, -0.2) is 33.6 Å². The molecule has 1 aromatic heterocycles. The summed E-state index contributed by atoms with van der Waals surface area (Å²) in [6.45, 7) is 0.363. The molecule has 0 aliphatic heterocycles. The third-order valence-electron chi connectivity index (χ3n) is 2.68. The lowest BCUT2D eigenvalue weighted by Crippen LogP contribution is -2.31. The van der Waals surface area contributed by atoms with Crippen molar-refractivity contribution in [2.45, 2.75) is 6.42 Å². The summed E-state index contributed by atoms with van der Waals surface area (Å²) < 4.78 is 0. The number of hydrogen-bond donors (Lipinski definition) is 4. The van der Waals surface area contributed by atoms with Crippen molar-refractivity contribution in [3.63, 3.8) is 0 Å². The second kappa shape index (κ2) is 6.76. The molecule has 110 valence electrons. The van der Waals surface area contributed by atoms with Crippen LogP contribution in [0.25, 0.3) is 0 Å². The predicted octanol–water partition coefficient (Wildman–Crippen LogP) is 2.13. The van der Waals surface area contributed by atoms with Gasteiger partial charge in [-0.3, -0.25) is 0 Å². The van der Waals surface area contributed by atoms with Gasteiger partial charge in [-0.05, 0) is 12.1 Å². The molecule has 1 heterocycles. The van der Waals surface area contributed by atoms with Crippen LogP contribution in [-0.2, 0) is 6.42 Å². The molecule has 0 aliphatic rings. The molecule has 0 atom stereocenters. The summed E-state index contributed by atoms with van der Waals surface area (Å²) in [4.78, 5) is 29.8. The van der Waals surface area contributed by atoms with Gasteiger partial charge >= 0.3 is 12.0 Å². The molecule has 7 nitrogen and oxygen atoms in total. The van der Waals surface area contributed by atoms with Gasteiger partial charge < -0.3 is 20.7 Å². The monoisotopic (exact) mass is 308 g/mol. The van der Waals surface area contributed by atoms with Crippen LogP contribution in [0.15, 0.2) is 30.6 Å². The Morgan fingerprint density at radius 2 is 2.19 bits per heavy atom. The van der Waals surface area contributed by atoms with Crippen LogP contribution in [0.5, 0.6) is 0 Å². The second-order valence-corrected chi connectivity index (χ2v) is 4.54. The summed E-state index contributed by atoms with van der Waals surface area (Å²) in [5.74, 6) is -0.448. The number of carboxylic acid groups (broad SMARTS) is 1. The number of halogens is 1. The normalized spacial score (nSPS) is 10.1. The van der Waals surface area contributed by atoms with Crippen molar-refractivity contribution in [3.8, 4) is 0 Å². The Hall–Kier alpha value is -2.54. The van der Waals surface area contributed by atoms with Gasteiger partial charge in [0.15, 0.2) is 0 Å². The largest absolute Gasteiger partial charge is 0.478 e. The zero-order valence-corrected chi connectivity index (χ0v) is 11.6. The molecular formula is C13H13ClN4O3. The van der Waals surface area contributed by atoms with Crippen LogP contribution in [0.4, 0.5) is 10.5 Å². The number of rotatable bonds is 5. The highest BCUT2D eigenvalue weighted by atomic mass is 35.5. The molecule has 0 radical (unpaired) electrons. The van der Waals surface area contributed by atoms with E-state index in [4.69, 9.17) is 16.7 Å². The molecule has 4 N–H and O–H groups in total. The third kappa shape index (κ3) is 3.96. The number of aromatic amines is 1. The highest BCUT2D eigenvalue weighted by Gasteiger charge is 2.15. The van der Waals surface area contributed by atoms with E-state index in [-0.39, 0.29) is 16.3 Å². The highest BCUT2D eigenvalue weighted by molar-refractivity contribution is 6.34. The molecule has 8 heteroatoms. The summed E-state index contributed by atoms with van der Waals surface area (Å²) in [5, 5.41) is 14.2. The molecule has 0 saturated heterocycles. The maximum Gasteiger partial charge on any atom is 0.339 e. The quantitative estimate of drug-likeness (QED) is 0.678. The average Bonchev–Trinajstić information content (AvgIpc) is 2.91. The first-order valence-electron chi connectivity index (χ1n) is 6.13. The van der Waals surface area contributed by atoms with Gasteiger partial charge in [-0.1, -0.05) is 17.7 Å². The van der Waals surface area contributed by atoms with Gasteiger partial charge in [-0.2, -0.15) is 0 Å². The molecular weight excluding hydrogens is 296 g/mol. The molecule has 2 aromatic rings. The minimum absolute atomic E-state index is 0.0656. The summed E-state index contributed by atoms with van der Waals surface area (Å²) in [6, 6.07) is 3.98. The zero-order valence-electron chi connectivity index (χ0n) is 10.9. The van der Waals surface area contributed by atoms with Crippen LogP contribution in [0.1, 0.15) is 16.2 Å². The molecule has 0 aliphatic carbocycles. The van der Waals surface area contributed by atoms with E-state index in [1.807, 2.05) is 0 Å². The van der Waals surface area contributed by atoms with Crippen LogP contribution in [0.2, 0.25) is 5.02 Å².